The summed E-state index contributed by atoms with van der Waals surface area (Å²) in [5.41, 5.74) is -0.984. The van der Waals surface area contributed by atoms with Crippen LogP contribution in [0.25, 0.3) is 0 Å². The number of carbonyl (C=O) groups excluding carboxylic acids is 1. The highest BCUT2D eigenvalue weighted by Crippen LogP contribution is 2.33. The van der Waals surface area contributed by atoms with Crippen molar-refractivity contribution in [1.29, 1.82) is 0 Å². The van der Waals surface area contributed by atoms with Gasteiger partial charge in [-0.2, -0.15) is 0 Å². The van der Waals surface area contributed by atoms with Crippen LogP contribution in [0, 0.1) is 5.92 Å². The van der Waals surface area contributed by atoms with Gasteiger partial charge in [0.05, 0.1) is 0 Å². The van der Waals surface area contributed by atoms with Crippen molar-refractivity contribution in [2.45, 2.75) is 63.3 Å². The third-order valence-electron chi connectivity index (χ3n) is 3.92. The van der Waals surface area contributed by atoms with Gasteiger partial charge >= 0.3 is 5.97 Å². The molecule has 1 amide bonds. The van der Waals surface area contributed by atoms with Crippen LogP contribution in [-0.2, 0) is 9.59 Å². The molecule has 2 saturated carbocycles. The van der Waals surface area contributed by atoms with Crippen LogP contribution in [0.3, 0.4) is 0 Å². The molecule has 0 aromatic carbocycles. The number of hydrogen-bond donors (Lipinski definition) is 2. The van der Waals surface area contributed by atoms with Crippen LogP contribution in [0.1, 0.15) is 57.8 Å². The minimum atomic E-state index is -0.984. The molecule has 0 saturated heterocycles. The molecule has 0 heterocycles. The molecular weight excluding hydrogens is 218 g/mol. The van der Waals surface area contributed by atoms with E-state index in [0.29, 0.717) is 25.2 Å². The van der Waals surface area contributed by atoms with Gasteiger partial charge in [-0.25, -0.2) is 4.79 Å². The third-order valence-corrected chi connectivity index (χ3v) is 3.92. The number of carboxylic acids is 1. The lowest BCUT2D eigenvalue weighted by molar-refractivity contribution is -0.148. The number of carboxylic acid groups (broad SMARTS) is 1. The maximum absolute atomic E-state index is 11.8. The fourth-order valence-corrected chi connectivity index (χ4v) is 2.63. The number of amides is 1. The number of carbonyl (C=O) groups is 2. The molecule has 17 heavy (non-hydrogen) atoms. The standard InChI is InChI=1S/C13H21NO3/c15-11(9-10-5-6-10)14-13(12(16)17)7-3-1-2-4-8-13/h10H,1-9H2,(H,14,15)(H,16,17). The van der Waals surface area contributed by atoms with Crippen molar-refractivity contribution in [2.75, 3.05) is 0 Å². The van der Waals surface area contributed by atoms with E-state index < -0.39 is 11.5 Å². The number of aliphatic carboxylic acids is 1. The molecule has 2 aliphatic rings. The second-order valence-electron chi connectivity index (χ2n) is 5.50. The molecule has 2 N–H and O–H groups in total. The highest BCUT2D eigenvalue weighted by molar-refractivity contribution is 5.87. The fourth-order valence-electron chi connectivity index (χ4n) is 2.63. The second kappa shape index (κ2) is 5.07. The summed E-state index contributed by atoms with van der Waals surface area (Å²) in [6.45, 7) is 0. The van der Waals surface area contributed by atoms with E-state index in [4.69, 9.17) is 0 Å². The smallest absolute Gasteiger partial charge is 0.329 e. The van der Waals surface area contributed by atoms with Gasteiger partial charge in [-0.3, -0.25) is 4.79 Å². The molecule has 0 radical (unpaired) electrons. The summed E-state index contributed by atoms with van der Waals surface area (Å²) in [5.74, 6) is -0.424. The zero-order chi connectivity index (χ0) is 12.3. The molecule has 2 fully saturated rings. The van der Waals surface area contributed by atoms with Crippen molar-refractivity contribution < 1.29 is 14.7 Å². The van der Waals surface area contributed by atoms with Crippen LogP contribution in [0.15, 0.2) is 0 Å². The first-order valence-corrected chi connectivity index (χ1v) is 6.67. The fraction of sp³-hybridized carbons (Fsp3) is 0.846. The summed E-state index contributed by atoms with van der Waals surface area (Å²) in [4.78, 5) is 23.3. The number of hydrogen-bond acceptors (Lipinski definition) is 2. The van der Waals surface area contributed by atoms with Crippen molar-refractivity contribution in [3.63, 3.8) is 0 Å². The Morgan fingerprint density at radius 1 is 1.12 bits per heavy atom. The normalized spacial score (nSPS) is 23.8. The van der Waals surface area contributed by atoms with Crippen molar-refractivity contribution >= 4 is 11.9 Å². The van der Waals surface area contributed by atoms with Gasteiger partial charge in [0.15, 0.2) is 0 Å². The molecule has 96 valence electrons. The van der Waals surface area contributed by atoms with Crippen LogP contribution in [-0.4, -0.2) is 22.5 Å². The Balaban J connectivity index is 1.98. The lowest BCUT2D eigenvalue weighted by Gasteiger charge is -2.29. The SMILES string of the molecule is O=C(CC1CC1)NC1(C(=O)O)CCCCCC1. The molecule has 0 bridgehead atoms. The Hall–Kier alpha value is -1.06. The molecular formula is C13H21NO3. The van der Waals surface area contributed by atoms with E-state index in [1.54, 1.807) is 0 Å². The highest BCUT2D eigenvalue weighted by atomic mass is 16.4. The van der Waals surface area contributed by atoms with E-state index in [2.05, 4.69) is 5.32 Å². The summed E-state index contributed by atoms with van der Waals surface area (Å²) < 4.78 is 0. The van der Waals surface area contributed by atoms with E-state index in [-0.39, 0.29) is 5.91 Å². The zero-order valence-corrected chi connectivity index (χ0v) is 10.2. The number of rotatable bonds is 4. The maximum Gasteiger partial charge on any atom is 0.329 e. The average Bonchev–Trinajstić information content (AvgIpc) is 3.05. The lowest BCUT2D eigenvalue weighted by atomic mass is 9.90. The van der Waals surface area contributed by atoms with Gasteiger partial charge in [-0.05, 0) is 31.6 Å². The van der Waals surface area contributed by atoms with E-state index in [9.17, 15) is 14.7 Å². The first-order chi connectivity index (χ1) is 8.12. The van der Waals surface area contributed by atoms with Crippen LogP contribution >= 0.6 is 0 Å². The van der Waals surface area contributed by atoms with Gasteiger partial charge in [-0.1, -0.05) is 25.7 Å². The van der Waals surface area contributed by atoms with Gasteiger partial charge in [0.2, 0.25) is 5.91 Å². The molecule has 0 aromatic heterocycles. The highest BCUT2D eigenvalue weighted by Gasteiger charge is 2.40. The van der Waals surface area contributed by atoms with Crippen molar-refractivity contribution in [1.82, 2.24) is 5.32 Å². The van der Waals surface area contributed by atoms with Gasteiger partial charge in [0, 0.05) is 6.42 Å². The summed E-state index contributed by atoms with van der Waals surface area (Å²) >= 11 is 0. The van der Waals surface area contributed by atoms with E-state index >= 15 is 0 Å². The predicted octanol–water partition coefficient (Wildman–Crippen LogP) is 2.08. The van der Waals surface area contributed by atoms with Gasteiger partial charge < -0.3 is 10.4 Å². The van der Waals surface area contributed by atoms with Crippen molar-refractivity contribution in [3.8, 4) is 0 Å². The molecule has 0 spiro atoms. The first kappa shape index (κ1) is 12.4. The maximum atomic E-state index is 11.8. The van der Waals surface area contributed by atoms with E-state index in [1.807, 2.05) is 0 Å². The van der Waals surface area contributed by atoms with Crippen molar-refractivity contribution in [3.05, 3.63) is 0 Å². The van der Waals surface area contributed by atoms with Crippen molar-refractivity contribution in [2.24, 2.45) is 5.92 Å². The Morgan fingerprint density at radius 2 is 1.71 bits per heavy atom. The second-order valence-corrected chi connectivity index (χ2v) is 5.50. The summed E-state index contributed by atoms with van der Waals surface area (Å²) in [5, 5.41) is 12.2. The van der Waals surface area contributed by atoms with Crippen LogP contribution < -0.4 is 5.32 Å². The third kappa shape index (κ3) is 3.20. The van der Waals surface area contributed by atoms with Gasteiger partial charge in [0.1, 0.15) is 5.54 Å². The zero-order valence-electron chi connectivity index (χ0n) is 10.2. The monoisotopic (exact) mass is 239 g/mol. The lowest BCUT2D eigenvalue weighted by Crippen LogP contribution is -2.54. The Labute approximate surface area is 102 Å². The molecule has 4 heteroatoms. The molecule has 2 aliphatic carbocycles. The van der Waals surface area contributed by atoms with E-state index in [1.165, 1.54) is 0 Å². The largest absolute Gasteiger partial charge is 0.480 e. The Morgan fingerprint density at radius 3 is 2.18 bits per heavy atom. The predicted molar refractivity (Wildman–Crippen MR) is 63.6 cm³/mol. The topological polar surface area (TPSA) is 66.4 Å². The molecule has 0 unspecified atom stereocenters. The van der Waals surface area contributed by atoms with E-state index in [0.717, 1.165) is 38.5 Å². The van der Waals surface area contributed by atoms with Crippen LogP contribution in [0.5, 0.6) is 0 Å². The quantitative estimate of drug-likeness (QED) is 0.738. The number of nitrogens with one attached hydrogen (secondary N) is 1. The molecule has 0 atom stereocenters. The molecule has 4 nitrogen and oxygen atoms in total. The van der Waals surface area contributed by atoms with Crippen LogP contribution in [0.2, 0.25) is 0 Å². The average molecular weight is 239 g/mol. The Bertz CT molecular complexity index is 302. The van der Waals surface area contributed by atoms with Gasteiger partial charge in [0.25, 0.3) is 0 Å². The Kier molecular flexibility index (Phi) is 3.69. The summed E-state index contributed by atoms with van der Waals surface area (Å²) in [6, 6.07) is 0. The van der Waals surface area contributed by atoms with Crippen LogP contribution in [0.4, 0.5) is 0 Å². The molecule has 0 aliphatic heterocycles. The molecule has 0 aromatic rings. The minimum absolute atomic E-state index is 0.0724. The summed E-state index contributed by atoms with van der Waals surface area (Å²) in [6.07, 6.45) is 7.86. The van der Waals surface area contributed by atoms with Gasteiger partial charge in [-0.15, -0.1) is 0 Å². The first-order valence-electron chi connectivity index (χ1n) is 6.67. The minimum Gasteiger partial charge on any atom is -0.480 e. The molecule has 2 rings (SSSR count). The summed E-state index contributed by atoms with van der Waals surface area (Å²) in [7, 11) is 0.